The van der Waals surface area contributed by atoms with Crippen LogP contribution in [0.15, 0.2) is 59.6 Å². The SMILES string of the molecule is CN1C(=O)[C@@](CCC2CCCCC2)(C[C@H]2CCCC(CC(=O)c3ccccc3-c3ccccc3)C2)N=C1N. The van der Waals surface area contributed by atoms with Crippen LogP contribution in [-0.4, -0.2) is 35.1 Å². The van der Waals surface area contributed by atoms with Crippen LogP contribution < -0.4 is 5.73 Å². The van der Waals surface area contributed by atoms with Gasteiger partial charge in [-0.2, -0.15) is 0 Å². The lowest BCUT2D eigenvalue weighted by Crippen LogP contribution is -2.44. The van der Waals surface area contributed by atoms with Crippen molar-refractivity contribution in [3.05, 3.63) is 60.2 Å². The number of Topliss-reactive ketones (excluding diaryl/α,β-unsaturated/α-hetero) is 1. The van der Waals surface area contributed by atoms with Crippen molar-refractivity contribution < 1.29 is 9.59 Å². The van der Waals surface area contributed by atoms with E-state index in [1.54, 1.807) is 11.9 Å². The Balaban J connectivity index is 1.26. The molecular weight excluding hydrogens is 470 g/mol. The van der Waals surface area contributed by atoms with Gasteiger partial charge < -0.3 is 5.73 Å². The highest BCUT2D eigenvalue weighted by Crippen LogP contribution is 2.42. The summed E-state index contributed by atoms with van der Waals surface area (Å²) in [6.45, 7) is 0. The van der Waals surface area contributed by atoms with Gasteiger partial charge in [-0.1, -0.05) is 99.5 Å². The Morgan fingerprint density at radius 1 is 0.921 bits per heavy atom. The third-order valence-electron chi connectivity index (χ3n) is 9.37. The second-order valence-corrected chi connectivity index (χ2v) is 12.1. The Hall–Kier alpha value is -2.95. The largest absolute Gasteiger partial charge is 0.369 e. The highest BCUT2D eigenvalue weighted by atomic mass is 16.2. The van der Waals surface area contributed by atoms with Crippen LogP contribution in [0.2, 0.25) is 0 Å². The predicted molar refractivity (Wildman–Crippen MR) is 154 cm³/mol. The van der Waals surface area contributed by atoms with Gasteiger partial charge in [0.2, 0.25) is 0 Å². The first-order valence-corrected chi connectivity index (χ1v) is 14.8. The summed E-state index contributed by atoms with van der Waals surface area (Å²) >= 11 is 0. The number of likely N-dealkylation sites (N-methyl/N-ethyl adjacent to an activating group) is 1. The zero-order valence-electron chi connectivity index (χ0n) is 22.9. The van der Waals surface area contributed by atoms with E-state index in [0.29, 0.717) is 30.1 Å². The van der Waals surface area contributed by atoms with Gasteiger partial charge in [-0.05, 0) is 61.0 Å². The van der Waals surface area contributed by atoms with E-state index in [1.807, 2.05) is 42.5 Å². The molecule has 2 aromatic rings. The maximum Gasteiger partial charge on any atom is 0.257 e. The summed E-state index contributed by atoms with van der Waals surface area (Å²) in [6, 6.07) is 18.2. The van der Waals surface area contributed by atoms with Gasteiger partial charge >= 0.3 is 0 Å². The van der Waals surface area contributed by atoms with E-state index in [1.165, 1.54) is 32.1 Å². The fourth-order valence-electron chi connectivity index (χ4n) is 7.29. The number of rotatable bonds is 9. The van der Waals surface area contributed by atoms with Gasteiger partial charge in [0, 0.05) is 19.0 Å². The molecule has 0 aromatic heterocycles. The van der Waals surface area contributed by atoms with E-state index in [0.717, 1.165) is 61.6 Å². The number of amides is 1. The van der Waals surface area contributed by atoms with E-state index in [4.69, 9.17) is 10.7 Å². The van der Waals surface area contributed by atoms with Crippen LogP contribution in [0.25, 0.3) is 11.1 Å². The van der Waals surface area contributed by atoms with Crippen LogP contribution in [0.1, 0.15) is 93.8 Å². The number of carbonyl (C=O) groups is 2. The summed E-state index contributed by atoms with van der Waals surface area (Å²) in [7, 11) is 1.76. The number of guanidine groups is 1. The predicted octanol–water partition coefficient (Wildman–Crippen LogP) is 7.01. The van der Waals surface area contributed by atoms with Crippen molar-refractivity contribution in [3.63, 3.8) is 0 Å². The molecule has 2 N–H and O–H groups in total. The minimum Gasteiger partial charge on any atom is -0.369 e. The molecule has 0 spiro atoms. The van der Waals surface area contributed by atoms with E-state index < -0.39 is 5.54 Å². The second-order valence-electron chi connectivity index (χ2n) is 12.1. The number of nitrogens with two attached hydrogens (primary N) is 1. The Labute approximate surface area is 227 Å². The number of carbonyl (C=O) groups excluding carboxylic acids is 2. The van der Waals surface area contributed by atoms with E-state index in [-0.39, 0.29) is 11.7 Å². The molecule has 1 amide bonds. The first kappa shape index (κ1) is 26.6. The number of hydrogen-bond acceptors (Lipinski definition) is 4. The van der Waals surface area contributed by atoms with Crippen LogP contribution in [-0.2, 0) is 4.79 Å². The van der Waals surface area contributed by atoms with Crippen molar-refractivity contribution >= 4 is 17.6 Å². The average molecular weight is 514 g/mol. The molecular formula is C33H43N3O2. The molecule has 5 nitrogen and oxygen atoms in total. The lowest BCUT2D eigenvalue weighted by Gasteiger charge is -2.35. The fourth-order valence-corrected chi connectivity index (χ4v) is 7.29. The van der Waals surface area contributed by atoms with Gasteiger partial charge in [0.15, 0.2) is 11.7 Å². The Bertz CT molecular complexity index is 1150. The molecule has 0 radical (unpaired) electrons. The zero-order chi connectivity index (χ0) is 26.5. The average Bonchev–Trinajstić information content (AvgIpc) is 3.16. The molecule has 5 rings (SSSR count). The molecule has 2 fully saturated rings. The molecule has 0 bridgehead atoms. The minimum atomic E-state index is -0.716. The van der Waals surface area contributed by atoms with E-state index >= 15 is 0 Å². The summed E-state index contributed by atoms with van der Waals surface area (Å²) < 4.78 is 0. The van der Waals surface area contributed by atoms with E-state index in [2.05, 4.69) is 12.1 Å². The van der Waals surface area contributed by atoms with Crippen molar-refractivity contribution in [2.45, 2.75) is 89.0 Å². The smallest absolute Gasteiger partial charge is 0.257 e. The van der Waals surface area contributed by atoms with Crippen LogP contribution in [0.3, 0.4) is 0 Å². The van der Waals surface area contributed by atoms with Gasteiger partial charge in [-0.3, -0.25) is 14.5 Å². The summed E-state index contributed by atoms with van der Waals surface area (Å²) in [5.41, 5.74) is 8.38. The molecule has 202 valence electrons. The lowest BCUT2D eigenvalue weighted by molar-refractivity contribution is -0.131. The molecule has 2 aromatic carbocycles. The van der Waals surface area contributed by atoms with Crippen LogP contribution in [0, 0.1) is 17.8 Å². The number of aliphatic imine (C=N–C) groups is 1. The molecule has 3 atom stereocenters. The standard InChI is InChI=1S/C33H43N3O2/c1-36-31(38)33(35-32(36)34,20-19-24-11-4-2-5-12-24)23-26-14-10-13-25(21-26)22-30(37)29-18-9-8-17-28(29)27-15-6-3-7-16-27/h3,6-9,15-18,24-26H,2,4-5,10-14,19-23H2,1H3,(H2,34,35)/t25?,26-,33+/m0/s1. The zero-order valence-corrected chi connectivity index (χ0v) is 22.9. The monoisotopic (exact) mass is 513 g/mol. The number of benzene rings is 2. The number of ketones is 1. The highest BCUT2D eigenvalue weighted by molar-refractivity contribution is 6.06. The first-order chi connectivity index (χ1) is 18.4. The normalized spacial score (nSPS) is 26.4. The number of hydrogen-bond donors (Lipinski definition) is 1. The maximum atomic E-state index is 13.5. The molecule has 0 saturated heterocycles. The van der Waals surface area contributed by atoms with Gasteiger partial charge in [0.25, 0.3) is 5.91 Å². The summed E-state index contributed by atoms with van der Waals surface area (Å²) in [6.07, 6.45) is 13.9. The molecule has 1 heterocycles. The second kappa shape index (κ2) is 11.8. The lowest BCUT2D eigenvalue weighted by atomic mass is 9.71. The van der Waals surface area contributed by atoms with Gasteiger partial charge in [0.1, 0.15) is 5.54 Å². The van der Waals surface area contributed by atoms with Crippen molar-refractivity contribution in [3.8, 4) is 11.1 Å². The molecule has 1 unspecified atom stereocenters. The third-order valence-corrected chi connectivity index (χ3v) is 9.37. The topological polar surface area (TPSA) is 75.8 Å². The quantitative estimate of drug-likeness (QED) is 0.367. The molecule has 38 heavy (non-hydrogen) atoms. The summed E-state index contributed by atoms with van der Waals surface area (Å²) in [5, 5.41) is 0. The van der Waals surface area contributed by atoms with Gasteiger partial charge in [0.05, 0.1) is 0 Å². The van der Waals surface area contributed by atoms with Crippen molar-refractivity contribution in [1.29, 1.82) is 0 Å². The third kappa shape index (κ3) is 5.87. The number of nitrogens with zero attached hydrogens (tertiary/aromatic N) is 2. The molecule has 2 saturated carbocycles. The van der Waals surface area contributed by atoms with Crippen LogP contribution >= 0.6 is 0 Å². The summed E-state index contributed by atoms with van der Waals surface area (Å²) in [5.74, 6) is 2.10. The van der Waals surface area contributed by atoms with Gasteiger partial charge in [-0.25, -0.2) is 4.99 Å². The molecule has 3 aliphatic rings. The van der Waals surface area contributed by atoms with Crippen molar-refractivity contribution in [1.82, 2.24) is 4.90 Å². The Morgan fingerprint density at radius 2 is 1.61 bits per heavy atom. The Morgan fingerprint density at radius 3 is 2.34 bits per heavy atom. The van der Waals surface area contributed by atoms with Crippen molar-refractivity contribution in [2.24, 2.45) is 28.5 Å². The first-order valence-electron chi connectivity index (χ1n) is 14.8. The minimum absolute atomic E-state index is 0.0702. The van der Waals surface area contributed by atoms with Crippen LogP contribution in [0.5, 0.6) is 0 Å². The molecule has 2 aliphatic carbocycles. The Kier molecular flexibility index (Phi) is 8.30. The van der Waals surface area contributed by atoms with Gasteiger partial charge in [-0.15, -0.1) is 0 Å². The maximum absolute atomic E-state index is 13.5. The fraction of sp³-hybridized carbons (Fsp3) is 0.545. The molecule has 1 aliphatic heterocycles. The van der Waals surface area contributed by atoms with Crippen molar-refractivity contribution in [2.75, 3.05) is 7.05 Å². The molecule has 5 heteroatoms. The highest BCUT2D eigenvalue weighted by Gasteiger charge is 2.48. The van der Waals surface area contributed by atoms with Crippen LogP contribution in [0.4, 0.5) is 0 Å². The summed E-state index contributed by atoms with van der Waals surface area (Å²) in [4.78, 5) is 33.4. The van der Waals surface area contributed by atoms with E-state index in [9.17, 15) is 9.59 Å².